The predicted octanol–water partition coefficient (Wildman–Crippen LogP) is 5.47. The number of amides is 1. The lowest BCUT2D eigenvalue weighted by molar-refractivity contribution is -0.120. The van der Waals surface area contributed by atoms with E-state index in [9.17, 15) is 9.59 Å². The standard InChI is InChI=1S/C26H20ClNO4/c27-19-12-13-22-20(15-19)24(30)26(25(32-22)18-8-2-1-3-9-18)31-16-23(29)28-14-6-10-17-7-4-5-11-21(17)28/h1-5,7-9,11-13,15H,6,10,14,16H2. The lowest BCUT2D eigenvalue weighted by Gasteiger charge is -2.29. The number of aryl methyl sites for hydroxylation is 1. The number of rotatable bonds is 4. The van der Waals surface area contributed by atoms with Crippen molar-refractivity contribution in [1.82, 2.24) is 0 Å². The van der Waals surface area contributed by atoms with Crippen molar-refractivity contribution in [2.24, 2.45) is 0 Å². The number of fused-ring (bicyclic) bond motifs is 2. The summed E-state index contributed by atoms with van der Waals surface area (Å²) in [5.41, 5.74) is 2.76. The van der Waals surface area contributed by atoms with E-state index in [1.54, 1.807) is 23.1 Å². The van der Waals surface area contributed by atoms with Crippen LogP contribution in [0.5, 0.6) is 5.75 Å². The molecule has 0 radical (unpaired) electrons. The van der Waals surface area contributed by atoms with Crippen LogP contribution in [-0.2, 0) is 11.2 Å². The summed E-state index contributed by atoms with van der Waals surface area (Å²) in [5, 5.41) is 0.729. The first kappa shape index (κ1) is 20.3. The average Bonchev–Trinajstić information content (AvgIpc) is 2.83. The van der Waals surface area contributed by atoms with E-state index in [1.807, 2.05) is 54.6 Å². The molecule has 0 bridgehead atoms. The monoisotopic (exact) mass is 445 g/mol. The summed E-state index contributed by atoms with van der Waals surface area (Å²) in [5.74, 6) is 0.0867. The van der Waals surface area contributed by atoms with E-state index < -0.39 is 0 Å². The van der Waals surface area contributed by atoms with E-state index in [0.717, 1.165) is 24.1 Å². The third kappa shape index (κ3) is 3.76. The van der Waals surface area contributed by atoms with Gasteiger partial charge in [-0.1, -0.05) is 60.1 Å². The zero-order valence-corrected chi connectivity index (χ0v) is 18.0. The number of hydrogen-bond donors (Lipinski definition) is 0. The zero-order valence-electron chi connectivity index (χ0n) is 17.2. The van der Waals surface area contributed by atoms with Crippen molar-refractivity contribution in [1.29, 1.82) is 0 Å². The first-order chi connectivity index (χ1) is 15.6. The van der Waals surface area contributed by atoms with E-state index in [2.05, 4.69) is 0 Å². The minimum atomic E-state index is -0.362. The molecule has 3 aromatic carbocycles. The third-order valence-corrected chi connectivity index (χ3v) is 5.83. The van der Waals surface area contributed by atoms with Crippen molar-refractivity contribution < 1.29 is 13.9 Å². The topological polar surface area (TPSA) is 59.8 Å². The highest BCUT2D eigenvalue weighted by Gasteiger charge is 2.24. The van der Waals surface area contributed by atoms with Gasteiger partial charge in [0.15, 0.2) is 12.4 Å². The highest BCUT2D eigenvalue weighted by molar-refractivity contribution is 6.31. The summed E-state index contributed by atoms with van der Waals surface area (Å²) in [6.07, 6.45) is 1.82. The molecule has 4 aromatic rings. The Hall–Kier alpha value is -3.57. The summed E-state index contributed by atoms with van der Waals surface area (Å²) < 4.78 is 11.9. The van der Waals surface area contributed by atoms with E-state index in [4.69, 9.17) is 20.8 Å². The molecule has 160 valence electrons. The van der Waals surface area contributed by atoms with Gasteiger partial charge in [0, 0.05) is 22.8 Å². The summed E-state index contributed by atoms with van der Waals surface area (Å²) in [6.45, 7) is 0.345. The Labute approximate surface area is 189 Å². The maximum atomic E-state index is 13.3. The van der Waals surface area contributed by atoms with Crippen LogP contribution in [0, 0.1) is 0 Å². The van der Waals surface area contributed by atoms with Crippen LogP contribution in [0.3, 0.4) is 0 Å². The Balaban J connectivity index is 1.52. The van der Waals surface area contributed by atoms with Crippen LogP contribution < -0.4 is 15.1 Å². The molecule has 0 N–H and O–H groups in total. The largest absolute Gasteiger partial charge is 0.476 e. The molecule has 1 aliphatic heterocycles. The summed E-state index contributed by atoms with van der Waals surface area (Å²) in [7, 11) is 0. The Kier molecular flexibility index (Phi) is 5.41. The number of ether oxygens (including phenoxy) is 1. The van der Waals surface area contributed by atoms with Gasteiger partial charge < -0.3 is 14.1 Å². The smallest absolute Gasteiger partial charge is 0.264 e. The van der Waals surface area contributed by atoms with Gasteiger partial charge in [-0.15, -0.1) is 0 Å². The van der Waals surface area contributed by atoms with Crippen LogP contribution >= 0.6 is 11.6 Å². The number of anilines is 1. The fraction of sp³-hybridized carbons (Fsp3) is 0.154. The van der Waals surface area contributed by atoms with Gasteiger partial charge in [-0.2, -0.15) is 0 Å². The quantitative estimate of drug-likeness (QED) is 0.418. The fourth-order valence-corrected chi connectivity index (χ4v) is 4.24. The normalized spacial score (nSPS) is 13.1. The van der Waals surface area contributed by atoms with Crippen LogP contribution in [0.1, 0.15) is 12.0 Å². The molecular weight excluding hydrogens is 426 g/mol. The number of nitrogens with zero attached hydrogens (tertiary/aromatic N) is 1. The summed E-state index contributed by atoms with van der Waals surface area (Å²) in [6, 6.07) is 22.0. The molecule has 1 amide bonds. The molecule has 0 aliphatic carbocycles. The maximum absolute atomic E-state index is 13.3. The molecule has 1 aromatic heterocycles. The van der Waals surface area contributed by atoms with Crippen molar-refractivity contribution in [2.75, 3.05) is 18.1 Å². The van der Waals surface area contributed by atoms with Crippen LogP contribution in [-0.4, -0.2) is 19.1 Å². The lowest BCUT2D eigenvalue weighted by atomic mass is 10.0. The second-order valence-corrected chi connectivity index (χ2v) is 8.10. The molecule has 6 heteroatoms. The molecule has 5 nitrogen and oxygen atoms in total. The van der Waals surface area contributed by atoms with Crippen molar-refractivity contribution >= 4 is 34.2 Å². The summed E-state index contributed by atoms with van der Waals surface area (Å²) >= 11 is 6.09. The highest BCUT2D eigenvalue weighted by atomic mass is 35.5. The molecule has 0 saturated heterocycles. The van der Waals surface area contributed by atoms with Gasteiger partial charge in [0.05, 0.1) is 5.39 Å². The van der Waals surface area contributed by atoms with Crippen molar-refractivity contribution in [3.05, 3.63) is 93.6 Å². The highest BCUT2D eigenvalue weighted by Crippen LogP contribution is 2.32. The fourth-order valence-electron chi connectivity index (χ4n) is 4.07. The minimum Gasteiger partial charge on any atom is -0.476 e. The Bertz CT molecular complexity index is 1360. The minimum absolute atomic E-state index is 0.00427. The number of carbonyl (C=O) groups is 1. The average molecular weight is 446 g/mol. The van der Waals surface area contributed by atoms with Gasteiger partial charge in [-0.05, 0) is 42.7 Å². The van der Waals surface area contributed by atoms with Crippen LogP contribution in [0.15, 0.2) is 82.0 Å². The molecule has 0 atom stereocenters. The Morgan fingerprint density at radius 2 is 1.81 bits per heavy atom. The van der Waals surface area contributed by atoms with Crippen LogP contribution in [0.25, 0.3) is 22.3 Å². The van der Waals surface area contributed by atoms with Gasteiger partial charge in [0.25, 0.3) is 5.91 Å². The molecule has 0 unspecified atom stereocenters. The zero-order chi connectivity index (χ0) is 22.1. The Morgan fingerprint density at radius 1 is 1.03 bits per heavy atom. The Morgan fingerprint density at radius 3 is 2.66 bits per heavy atom. The second kappa shape index (κ2) is 8.52. The predicted molar refractivity (Wildman–Crippen MR) is 126 cm³/mol. The van der Waals surface area contributed by atoms with Gasteiger partial charge >= 0.3 is 0 Å². The number of hydrogen-bond acceptors (Lipinski definition) is 4. The van der Waals surface area contributed by atoms with Crippen LogP contribution in [0.4, 0.5) is 5.69 Å². The molecule has 1 aliphatic rings. The third-order valence-electron chi connectivity index (χ3n) is 5.60. The van der Waals surface area contributed by atoms with Crippen molar-refractivity contribution in [2.45, 2.75) is 12.8 Å². The number of para-hydroxylation sites is 1. The van der Waals surface area contributed by atoms with E-state index in [-0.39, 0.29) is 29.5 Å². The number of halogens is 1. The van der Waals surface area contributed by atoms with E-state index in [1.165, 1.54) is 0 Å². The van der Waals surface area contributed by atoms with Gasteiger partial charge in [0.1, 0.15) is 5.58 Å². The molecule has 32 heavy (non-hydrogen) atoms. The van der Waals surface area contributed by atoms with Crippen LogP contribution in [0.2, 0.25) is 5.02 Å². The first-order valence-electron chi connectivity index (χ1n) is 10.4. The molecule has 0 spiro atoms. The molecule has 2 heterocycles. The number of carbonyl (C=O) groups excluding carboxylic acids is 1. The van der Waals surface area contributed by atoms with Gasteiger partial charge in [-0.3, -0.25) is 9.59 Å². The molecule has 0 saturated carbocycles. The lowest BCUT2D eigenvalue weighted by Crippen LogP contribution is -2.39. The number of benzene rings is 3. The van der Waals surface area contributed by atoms with Crippen molar-refractivity contribution in [3.8, 4) is 17.1 Å². The van der Waals surface area contributed by atoms with E-state index >= 15 is 0 Å². The SMILES string of the molecule is O=C(COc1c(-c2ccccc2)oc2ccc(Cl)cc2c1=O)N1CCCc2ccccc21. The van der Waals surface area contributed by atoms with E-state index in [0.29, 0.717) is 28.1 Å². The molecular formula is C26H20ClNO4. The second-order valence-electron chi connectivity index (χ2n) is 7.66. The molecule has 0 fully saturated rings. The van der Waals surface area contributed by atoms with Crippen molar-refractivity contribution in [3.63, 3.8) is 0 Å². The van der Waals surface area contributed by atoms with Gasteiger partial charge in [0.2, 0.25) is 11.2 Å². The molecule has 5 rings (SSSR count). The first-order valence-corrected chi connectivity index (χ1v) is 10.8. The maximum Gasteiger partial charge on any atom is 0.264 e. The summed E-state index contributed by atoms with van der Waals surface area (Å²) in [4.78, 5) is 28.1. The van der Waals surface area contributed by atoms with Gasteiger partial charge in [-0.25, -0.2) is 0 Å².